The predicted molar refractivity (Wildman–Crippen MR) is 107 cm³/mol. The summed E-state index contributed by atoms with van der Waals surface area (Å²) in [6.45, 7) is 1.86. The second kappa shape index (κ2) is 9.07. The van der Waals surface area contributed by atoms with Gasteiger partial charge in [0, 0.05) is 44.7 Å². The number of rotatable bonds is 9. The molecule has 1 N–H and O–H groups in total. The van der Waals surface area contributed by atoms with Crippen molar-refractivity contribution in [3.63, 3.8) is 0 Å². The number of nitrogens with one attached hydrogen (secondary N) is 1. The van der Waals surface area contributed by atoms with Crippen LogP contribution in [0.1, 0.15) is 37.7 Å². The standard InChI is InChI=1S/C20H27F3N4O2S/c1-20(22,23)9-3-4-10-24-18-12-27(30(28,29)19-13-26(2)14-25-19)11-17(18)15-5-7-16(21)8-6-15/h5-8,13-14,17-18,24H,3-4,9-12H2,1-2H3. The molecule has 1 aromatic heterocycles. The fourth-order valence-electron chi connectivity index (χ4n) is 3.72. The SMILES string of the molecule is Cn1cnc(S(=O)(=O)N2CC(NCCCCC(C)(F)F)C(c3ccc(F)cc3)C2)c1. The third-order valence-corrected chi connectivity index (χ3v) is 7.04. The Bertz CT molecular complexity index is 942. The van der Waals surface area contributed by atoms with Gasteiger partial charge in [0.15, 0.2) is 5.03 Å². The average Bonchev–Trinajstić information content (AvgIpc) is 3.28. The van der Waals surface area contributed by atoms with Crippen LogP contribution in [0.3, 0.4) is 0 Å². The van der Waals surface area contributed by atoms with Gasteiger partial charge in [-0.15, -0.1) is 0 Å². The van der Waals surface area contributed by atoms with E-state index in [1.54, 1.807) is 23.7 Å². The summed E-state index contributed by atoms with van der Waals surface area (Å²) in [6.07, 6.45) is 3.64. The lowest BCUT2D eigenvalue weighted by molar-refractivity contribution is 0.0105. The minimum absolute atomic E-state index is 0.0197. The molecular formula is C20H27F3N4O2S. The van der Waals surface area contributed by atoms with Crippen molar-refractivity contribution in [2.45, 2.75) is 49.1 Å². The summed E-state index contributed by atoms with van der Waals surface area (Å²) in [4.78, 5) is 3.97. The van der Waals surface area contributed by atoms with Gasteiger partial charge in [-0.2, -0.15) is 4.31 Å². The van der Waals surface area contributed by atoms with Crippen LogP contribution in [-0.4, -0.2) is 53.9 Å². The maximum Gasteiger partial charge on any atom is 0.262 e. The topological polar surface area (TPSA) is 67.2 Å². The number of hydrogen-bond acceptors (Lipinski definition) is 4. The summed E-state index contributed by atoms with van der Waals surface area (Å²) in [6, 6.07) is 5.81. The average molecular weight is 445 g/mol. The van der Waals surface area contributed by atoms with Gasteiger partial charge < -0.3 is 9.88 Å². The van der Waals surface area contributed by atoms with Crippen LogP contribution in [0.15, 0.2) is 41.8 Å². The molecule has 3 rings (SSSR count). The molecule has 2 aromatic rings. The second-order valence-electron chi connectivity index (χ2n) is 7.95. The van der Waals surface area contributed by atoms with Crippen molar-refractivity contribution in [3.8, 4) is 0 Å². The van der Waals surface area contributed by atoms with E-state index < -0.39 is 15.9 Å². The van der Waals surface area contributed by atoms with E-state index in [4.69, 9.17) is 0 Å². The van der Waals surface area contributed by atoms with Crippen molar-refractivity contribution >= 4 is 10.0 Å². The Hall–Kier alpha value is -1.91. The molecule has 0 bridgehead atoms. The third-order valence-electron chi connectivity index (χ3n) is 5.32. The molecule has 1 saturated heterocycles. The summed E-state index contributed by atoms with van der Waals surface area (Å²) in [5, 5.41) is 3.30. The molecule has 6 nitrogen and oxygen atoms in total. The number of halogens is 3. The van der Waals surface area contributed by atoms with Gasteiger partial charge in [-0.3, -0.25) is 0 Å². The van der Waals surface area contributed by atoms with Crippen LogP contribution >= 0.6 is 0 Å². The molecule has 2 heterocycles. The Labute approximate surface area is 175 Å². The van der Waals surface area contributed by atoms with Gasteiger partial charge in [0.1, 0.15) is 5.82 Å². The van der Waals surface area contributed by atoms with Crippen LogP contribution in [0.25, 0.3) is 0 Å². The van der Waals surface area contributed by atoms with Crippen LogP contribution in [0, 0.1) is 5.82 Å². The number of aromatic nitrogens is 2. The lowest BCUT2D eigenvalue weighted by Gasteiger charge is -2.20. The van der Waals surface area contributed by atoms with Gasteiger partial charge in [0.25, 0.3) is 10.0 Å². The molecule has 1 aromatic carbocycles. The molecule has 0 spiro atoms. The molecule has 10 heteroatoms. The maximum absolute atomic E-state index is 13.4. The molecule has 2 atom stereocenters. The van der Waals surface area contributed by atoms with Crippen LogP contribution in [0.4, 0.5) is 13.2 Å². The van der Waals surface area contributed by atoms with Crippen molar-refractivity contribution in [2.24, 2.45) is 7.05 Å². The highest BCUT2D eigenvalue weighted by Gasteiger charge is 2.40. The molecule has 30 heavy (non-hydrogen) atoms. The van der Waals surface area contributed by atoms with Gasteiger partial charge >= 0.3 is 0 Å². The van der Waals surface area contributed by atoms with E-state index in [9.17, 15) is 21.6 Å². The highest BCUT2D eigenvalue weighted by atomic mass is 32.2. The molecule has 1 fully saturated rings. The summed E-state index contributed by atoms with van der Waals surface area (Å²) in [5.41, 5.74) is 0.827. The molecule has 0 radical (unpaired) electrons. The molecule has 1 aliphatic rings. The quantitative estimate of drug-likeness (QED) is 0.604. The summed E-state index contributed by atoms with van der Waals surface area (Å²) >= 11 is 0. The van der Waals surface area contributed by atoms with Crippen molar-refractivity contribution in [1.29, 1.82) is 0 Å². The first-order valence-electron chi connectivity index (χ1n) is 9.91. The van der Waals surface area contributed by atoms with Gasteiger partial charge in [0.2, 0.25) is 5.92 Å². The van der Waals surface area contributed by atoms with Crippen molar-refractivity contribution in [3.05, 3.63) is 48.2 Å². The first-order valence-corrected chi connectivity index (χ1v) is 11.3. The van der Waals surface area contributed by atoms with E-state index in [1.165, 1.54) is 29.0 Å². The Morgan fingerprint density at radius 2 is 1.90 bits per heavy atom. The Balaban J connectivity index is 1.72. The first kappa shape index (κ1) is 22.8. The monoisotopic (exact) mass is 444 g/mol. The third kappa shape index (κ3) is 5.61. The van der Waals surface area contributed by atoms with Crippen LogP contribution in [0.5, 0.6) is 0 Å². The fraction of sp³-hybridized carbons (Fsp3) is 0.550. The molecule has 0 saturated carbocycles. The Kier molecular flexibility index (Phi) is 6.88. The fourth-order valence-corrected chi connectivity index (χ4v) is 5.18. The molecule has 1 aliphatic heterocycles. The zero-order valence-corrected chi connectivity index (χ0v) is 17.9. The zero-order chi connectivity index (χ0) is 21.9. The zero-order valence-electron chi connectivity index (χ0n) is 17.1. The number of hydrogen-bond donors (Lipinski definition) is 1. The highest BCUT2D eigenvalue weighted by molar-refractivity contribution is 7.89. The van der Waals surface area contributed by atoms with E-state index >= 15 is 0 Å². The van der Waals surface area contributed by atoms with Gasteiger partial charge in [-0.1, -0.05) is 12.1 Å². The number of nitrogens with zero attached hydrogens (tertiary/aromatic N) is 3. The number of imidazole rings is 1. The lowest BCUT2D eigenvalue weighted by atomic mass is 9.94. The van der Waals surface area contributed by atoms with E-state index in [1.807, 2.05) is 0 Å². The van der Waals surface area contributed by atoms with Gasteiger partial charge in [-0.25, -0.2) is 26.6 Å². The largest absolute Gasteiger partial charge is 0.339 e. The molecule has 2 unspecified atom stereocenters. The first-order chi connectivity index (χ1) is 14.1. The number of unbranched alkanes of at least 4 members (excludes halogenated alkanes) is 1. The Morgan fingerprint density at radius 3 is 2.50 bits per heavy atom. The van der Waals surface area contributed by atoms with Crippen LogP contribution < -0.4 is 5.32 Å². The summed E-state index contributed by atoms with van der Waals surface area (Å²) in [7, 11) is -2.07. The van der Waals surface area contributed by atoms with Crippen molar-refractivity contribution in [2.75, 3.05) is 19.6 Å². The van der Waals surface area contributed by atoms with Crippen molar-refractivity contribution < 1.29 is 21.6 Å². The highest BCUT2D eigenvalue weighted by Crippen LogP contribution is 2.31. The minimum Gasteiger partial charge on any atom is -0.339 e. The number of aryl methyl sites for hydroxylation is 1. The lowest BCUT2D eigenvalue weighted by Crippen LogP contribution is -2.37. The van der Waals surface area contributed by atoms with E-state index in [-0.39, 0.29) is 42.3 Å². The smallest absolute Gasteiger partial charge is 0.262 e. The van der Waals surface area contributed by atoms with Gasteiger partial charge in [0.05, 0.1) is 6.33 Å². The predicted octanol–water partition coefficient (Wildman–Crippen LogP) is 3.13. The molecular weight excluding hydrogens is 417 g/mol. The summed E-state index contributed by atoms with van der Waals surface area (Å²) in [5.74, 6) is -3.23. The summed E-state index contributed by atoms with van der Waals surface area (Å²) < 4.78 is 68.2. The second-order valence-corrected chi connectivity index (χ2v) is 9.83. The van der Waals surface area contributed by atoms with Crippen molar-refractivity contribution in [1.82, 2.24) is 19.2 Å². The minimum atomic E-state index is -3.77. The van der Waals surface area contributed by atoms with E-state index in [0.717, 1.165) is 12.5 Å². The maximum atomic E-state index is 13.4. The number of sulfonamides is 1. The van der Waals surface area contributed by atoms with Gasteiger partial charge in [-0.05, 0) is 44.0 Å². The van der Waals surface area contributed by atoms with Crippen LogP contribution in [0.2, 0.25) is 0 Å². The van der Waals surface area contributed by atoms with E-state index in [2.05, 4.69) is 10.3 Å². The normalized spacial score (nSPS) is 20.7. The Morgan fingerprint density at radius 1 is 1.20 bits per heavy atom. The molecule has 166 valence electrons. The van der Waals surface area contributed by atoms with E-state index in [0.29, 0.717) is 19.4 Å². The molecule has 0 amide bonds. The van der Waals surface area contributed by atoms with Crippen LogP contribution in [-0.2, 0) is 17.1 Å². The number of benzene rings is 1. The number of alkyl halides is 2. The molecule has 0 aliphatic carbocycles.